The lowest BCUT2D eigenvalue weighted by Gasteiger charge is -2.37. The van der Waals surface area contributed by atoms with Crippen LogP contribution in [-0.4, -0.2) is 24.2 Å². The molecule has 0 amide bonds. The first-order valence-electron chi connectivity index (χ1n) is 7.74. The molecule has 1 saturated carbocycles. The molecule has 2 aliphatic rings. The molecule has 0 aromatic heterocycles. The van der Waals surface area contributed by atoms with Crippen molar-refractivity contribution in [3.63, 3.8) is 0 Å². The van der Waals surface area contributed by atoms with Crippen molar-refractivity contribution in [2.75, 3.05) is 6.61 Å². The highest BCUT2D eigenvalue weighted by Gasteiger charge is 2.46. The Labute approximate surface area is 124 Å². The monoisotopic (exact) mass is 298 g/mol. The predicted molar refractivity (Wildman–Crippen MR) is 75.0 cm³/mol. The van der Waals surface area contributed by atoms with Gasteiger partial charge in [0.25, 0.3) is 0 Å². The Hall–Kier alpha value is -1.39. The molecule has 4 nitrogen and oxygen atoms in total. The van der Waals surface area contributed by atoms with E-state index in [2.05, 4.69) is 0 Å². The molecule has 2 rings (SSSR count). The van der Waals surface area contributed by atoms with Gasteiger partial charge in [0.15, 0.2) is 0 Å². The Bertz CT molecular complexity index is 440. The van der Waals surface area contributed by atoms with Crippen LogP contribution in [0, 0.1) is 11.8 Å². The number of rotatable bonds is 4. The fraction of sp³-hybridized carbons (Fsp3) is 0.750. The predicted octanol–water partition coefficient (Wildman–Crippen LogP) is 3.31. The van der Waals surface area contributed by atoms with Crippen LogP contribution in [0.25, 0.3) is 0 Å². The number of allylic oxidation sites excluding steroid dienone is 1. The number of hydrogen-bond acceptors (Lipinski definition) is 4. The van der Waals surface area contributed by atoms with Gasteiger partial charge < -0.3 is 9.47 Å². The van der Waals surface area contributed by atoms with E-state index >= 15 is 0 Å². The molecule has 0 aromatic rings. The van der Waals surface area contributed by atoms with Crippen LogP contribution in [0.5, 0.6) is 0 Å². The van der Waals surface area contributed by atoms with Crippen LogP contribution in [0.2, 0.25) is 0 Å². The number of esters is 1. The molecule has 0 N–H and O–H groups in total. The topological polar surface area (TPSA) is 52.6 Å². The third-order valence-electron chi connectivity index (χ3n) is 4.39. The average molecular weight is 298 g/mol. The molecule has 0 radical (unpaired) electrons. The van der Waals surface area contributed by atoms with Crippen molar-refractivity contribution in [3.8, 4) is 0 Å². The number of halogens is 1. The van der Waals surface area contributed by atoms with E-state index < -0.39 is 17.6 Å². The Morgan fingerprint density at radius 2 is 2.05 bits per heavy atom. The van der Waals surface area contributed by atoms with E-state index in [9.17, 15) is 14.0 Å². The quantitative estimate of drug-likeness (QED) is 0.747. The Kier molecular flexibility index (Phi) is 5.01. The maximum absolute atomic E-state index is 14.7. The highest BCUT2D eigenvalue weighted by atomic mass is 19.2. The number of ether oxygens (including phenoxy) is 2. The van der Waals surface area contributed by atoms with Gasteiger partial charge in [0, 0.05) is 13.3 Å². The Morgan fingerprint density at radius 1 is 1.38 bits per heavy atom. The van der Waals surface area contributed by atoms with Crippen LogP contribution in [0.15, 0.2) is 11.8 Å². The number of carbonyl (C=O) groups excluding carboxylic acids is 2. The molecule has 1 fully saturated rings. The molecule has 1 aliphatic heterocycles. The highest BCUT2D eigenvalue weighted by Crippen LogP contribution is 2.41. The van der Waals surface area contributed by atoms with Crippen molar-refractivity contribution in [2.24, 2.45) is 11.8 Å². The summed E-state index contributed by atoms with van der Waals surface area (Å²) in [6, 6.07) is 0. The van der Waals surface area contributed by atoms with E-state index in [1.54, 1.807) is 13.0 Å². The molecule has 2 unspecified atom stereocenters. The lowest BCUT2D eigenvalue weighted by molar-refractivity contribution is -0.178. The van der Waals surface area contributed by atoms with Crippen LogP contribution in [0.4, 0.5) is 4.39 Å². The molecule has 0 bridgehead atoms. The first kappa shape index (κ1) is 16.0. The van der Waals surface area contributed by atoms with Crippen molar-refractivity contribution in [3.05, 3.63) is 11.8 Å². The van der Waals surface area contributed by atoms with E-state index in [1.165, 1.54) is 6.42 Å². The number of ketones is 1. The number of hydrogen-bond donors (Lipinski definition) is 0. The molecule has 0 spiro atoms. The second-order valence-corrected chi connectivity index (χ2v) is 5.90. The maximum Gasteiger partial charge on any atom is 0.373 e. The second-order valence-electron chi connectivity index (χ2n) is 5.90. The summed E-state index contributed by atoms with van der Waals surface area (Å²) in [5.74, 6) is -3.79. The van der Waals surface area contributed by atoms with Crippen LogP contribution in [-0.2, 0) is 19.1 Å². The van der Waals surface area contributed by atoms with Gasteiger partial charge in [0.05, 0.1) is 6.61 Å². The van der Waals surface area contributed by atoms with Crippen molar-refractivity contribution in [2.45, 2.75) is 58.2 Å². The zero-order chi connectivity index (χ0) is 15.5. The van der Waals surface area contributed by atoms with Gasteiger partial charge in [-0.3, -0.25) is 4.79 Å². The molecule has 1 aliphatic carbocycles. The largest absolute Gasteiger partial charge is 0.460 e. The number of Topliss-reactive ketones (excluding diaryl/α,β-unsaturated/α-hetero) is 1. The van der Waals surface area contributed by atoms with Crippen molar-refractivity contribution >= 4 is 11.8 Å². The van der Waals surface area contributed by atoms with Crippen LogP contribution >= 0.6 is 0 Å². The summed E-state index contributed by atoms with van der Waals surface area (Å²) in [4.78, 5) is 23.4. The number of carbonyl (C=O) groups is 2. The Morgan fingerprint density at radius 3 is 2.62 bits per heavy atom. The minimum Gasteiger partial charge on any atom is -0.460 e. The van der Waals surface area contributed by atoms with Crippen LogP contribution in [0.3, 0.4) is 0 Å². The molecule has 118 valence electrons. The lowest BCUT2D eigenvalue weighted by Crippen LogP contribution is -2.42. The van der Waals surface area contributed by atoms with E-state index in [0.717, 1.165) is 32.6 Å². The molecule has 1 heterocycles. The molecule has 2 atom stereocenters. The molecule has 0 aromatic carbocycles. The number of alkyl halides is 1. The summed E-state index contributed by atoms with van der Waals surface area (Å²) in [5.41, 5.74) is 0. The van der Waals surface area contributed by atoms with Gasteiger partial charge in [-0.15, -0.1) is 0 Å². The lowest BCUT2D eigenvalue weighted by atomic mass is 9.76. The van der Waals surface area contributed by atoms with Gasteiger partial charge in [0.2, 0.25) is 11.5 Å². The summed E-state index contributed by atoms with van der Waals surface area (Å²) >= 11 is 0. The van der Waals surface area contributed by atoms with Crippen molar-refractivity contribution in [1.29, 1.82) is 0 Å². The first-order chi connectivity index (χ1) is 9.96. The molecular weight excluding hydrogens is 275 g/mol. The summed E-state index contributed by atoms with van der Waals surface area (Å²) in [5, 5.41) is 0. The third-order valence-corrected chi connectivity index (χ3v) is 4.39. The van der Waals surface area contributed by atoms with Gasteiger partial charge in [-0.1, -0.05) is 19.3 Å². The Balaban J connectivity index is 2.23. The van der Waals surface area contributed by atoms with E-state index in [1.807, 2.05) is 0 Å². The molecule has 21 heavy (non-hydrogen) atoms. The zero-order valence-corrected chi connectivity index (χ0v) is 12.7. The van der Waals surface area contributed by atoms with E-state index in [0.29, 0.717) is 5.92 Å². The summed E-state index contributed by atoms with van der Waals surface area (Å²) < 4.78 is 24.7. The maximum atomic E-state index is 14.7. The van der Waals surface area contributed by atoms with E-state index in [4.69, 9.17) is 9.47 Å². The average Bonchev–Trinajstić information content (AvgIpc) is 2.47. The highest BCUT2D eigenvalue weighted by molar-refractivity contribution is 5.89. The summed E-state index contributed by atoms with van der Waals surface area (Å²) in [6.45, 7) is 3.02. The fourth-order valence-corrected chi connectivity index (χ4v) is 3.20. The standard InChI is InChI=1S/C16H23FO4/c1-3-20-15(19)14-9-13(12-7-5-4-6-8-12)10-16(17,21-14)11(2)18/h9,12-13H,3-8,10H2,1-2H3. The van der Waals surface area contributed by atoms with Crippen molar-refractivity contribution < 1.29 is 23.5 Å². The van der Waals surface area contributed by atoms with E-state index in [-0.39, 0.29) is 24.7 Å². The smallest absolute Gasteiger partial charge is 0.373 e. The van der Waals surface area contributed by atoms with Gasteiger partial charge >= 0.3 is 11.8 Å². The summed E-state index contributed by atoms with van der Waals surface area (Å²) in [6.07, 6.45) is 7.09. The van der Waals surface area contributed by atoms with Gasteiger partial charge in [0.1, 0.15) is 0 Å². The zero-order valence-electron chi connectivity index (χ0n) is 12.7. The van der Waals surface area contributed by atoms with Crippen LogP contribution in [0.1, 0.15) is 52.4 Å². The molecule has 0 saturated heterocycles. The molecular formula is C16H23FO4. The van der Waals surface area contributed by atoms with Gasteiger partial charge in [-0.2, -0.15) is 4.39 Å². The van der Waals surface area contributed by atoms with Crippen LogP contribution < -0.4 is 0 Å². The van der Waals surface area contributed by atoms with Crippen molar-refractivity contribution in [1.82, 2.24) is 0 Å². The third kappa shape index (κ3) is 3.63. The molecule has 5 heteroatoms. The fourth-order valence-electron chi connectivity index (χ4n) is 3.20. The van der Waals surface area contributed by atoms with Gasteiger partial charge in [-0.25, -0.2) is 4.79 Å². The normalized spacial score (nSPS) is 30.2. The van der Waals surface area contributed by atoms with Gasteiger partial charge in [-0.05, 0) is 37.7 Å². The second kappa shape index (κ2) is 6.58. The summed E-state index contributed by atoms with van der Waals surface area (Å²) in [7, 11) is 0. The minimum absolute atomic E-state index is 0.00406. The SMILES string of the molecule is CCOC(=O)C1=CC(C2CCCCC2)CC(F)(C(C)=O)O1. The first-order valence-corrected chi connectivity index (χ1v) is 7.74. The minimum atomic E-state index is -2.40.